The van der Waals surface area contributed by atoms with Gasteiger partial charge >= 0.3 is 0 Å². The SMILES string of the molecule is Cn1nnc(-c2ccc(C(=O)NCc3ccccn3)cc2)n1. The molecular formula is C15H14N6O. The van der Waals surface area contributed by atoms with Crippen LogP contribution in [-0.4, -0.2) is 31.1 Å². The highest BCUT2D eigenvalue weighted by molar-refractivity contribution is 5.94. The van der Waals surface area contributed by atoms with Gasteiger partial charge in [-0.1, -0.05) is 18.2 Å². The van der Waals surface area contributed by atoms with E-state index in [1.54, 1.807) is 37.5 Å². The first-order valence-corrected chi connectivity index (χ1v) is 6.75. The molecule has 7 nitrogen and oxygen atoms in total. The number of aromatic nitrogens is 5. The minimum Gasteiger partial charge on any atom is -0.346 e. The van der Waals surface area contributed by atoms with Crippen LogP contribution in [0.4, 0.5) is 0 Å². The fourth-order valence-corrected chi connectivity index (χ4v) is 1.95. The molecule has 110 valence electrons. The van der Waals surface area contributed by atoms with Crippen molar-refractivity contribution in [2.75, 3.05) is 0 Å². The van der Waals surface area contributed by atoms with Crippen molar-refractivity contribution >= 4 is 5.91 Å². The number of tetrazole rings is 1. The van der Waals surface area contributed by atoms with Crippen molar-refractivity contribution in [3.8, 4) is 11.4 Å². The molecule has 0 saturated heterocycles. The molecule has 0 unspecified atom stereocenters. The van der Waals surface area contributed by atoms with E-state index in [4.69, 9.17) is 0 Å². The van der Waals surface area contributed by atoms with Gasteiger partial charge in [-0.25, -0.2) is 0 Å². The number of pyridine rings is 1. The van der Waals surface area contributed by atoms with Crippen molar-refractivity contribution in [1.29, 1.82) is 0 Å². The first-order chi connectivity index (χ1) is 10.7. The Labute approximate surface area is 127 Å². The average Bonchev–Trinajstić information content (AvgIpc) is 3.00. The summed E-state index contributed by atoms with van der Waals surface area (Å²) < 4.78 is 0. The zero-order valence-corrected chi connectivity index (χ0v) is 12.0. The summed E-state index contributed by atoms with van der Waals surface area (Å²) in [7, 11) is 1.70. The lowest BCUT2D eigenvalue weighted by Gasteiger charge is -2.05. The molecule has 0 saturated carbocycles. The topological polar surface area (TPSA) is 85.6 Å². The fraction of sp³-hybridized carbons (Fsp3) is 0.133. The first-order valence-electron chi connectivity index (χ1n) is 6.75. The highest BCUT2D eigenvalue weighted by Crippen LogP contribution is 2.14. The molecular weight excluding hydrogens is 280 g/mol. The molecule has 2 aromatic heterocycles. The summed E-state index contributed by atoms with van der Waals surface area (Å²) in [6, 6.07) is 12.7. The summed E-state index contributed by atoms with van der Waals surface area (Å²) in [4.78, 5) is 17.6. The van der Waals surface area contributed by atoms with Crippen LogP contribution in [0.15, 0.2) is 48.7 Å². The summed E-state index contributed by atoms with van der Waals surface area (Å²) in [5, 5.41) is 14.7. The number of hydrogen-bond acceptors (Lipinski definition) is 5. The van der Waals surface area contributed by atoms with Gasteiger partial charge in [0, 0.05) is 17.3 Å². The molecule has 1 N–H and O–H groups in total. The van der Waals surface area contributed by atoms with E-state index in [1.165, 1.54) is 4.80 Å². The Kier molecular flexibility index (Phi) is 3.86. The second-order valence-electron chi connectivity index (χ2n) is 4.68. The maximum Gasteiger partial charge on any atom is 0.251 e. The summed E-state index contributed by atoms with van der Waals surface area (Å²) in [6.07, 6.45) is 1.70. The summed E-state index contributed by atoms with van der Waals surface area (Å²) in [5.74, 6) is 0.382. The number of amides is 1. The number of rotatable bonds is 4. The van der Waals surface area contributed by atoms with Crippen molar-refractivity contribution in [3.05, 3.63) is 59.9 Å². The second kappa shape index (κ2) is 6.13. The third-order valence-corrected chi connectivity index (χ3v) is 3.07. The highest BCUT2D eigenvalue weighted by Gasteiger charge is 2.08. The third kappa shape index (κ3) is 3.14. The molecule has 0 aliphatic rings. The number of aryl methyl sites for hydroxylation is 1. The van der Waals surface area contributed by atoms with Gasteiger partial charge in [0.15, 0.2) is 0 Å². The van der Waals surface area contributed by atoms with Crippen LogP contribution in [0.3, 0.4) is 0 Å². The van der Waals surface area contributed by atoms with Crippen molar-refractivity contribution in [2.24, 2.45) is 7.05 Å². The predicted octanol–water partition coefficient (Wildman–Crippen LogP) is 1.20. The summed E-state index contributed by atoms with van der Waals surface area (Å²) in [5.41, 5.74) is 2.20. The third-order valence-electron chi connectivity index (χ3n) is 3.07. The van der Waals surface area contributed by atoms with Crippen molar-refractivity contribution < 1.29 is 4.79 Å². The minimum absolute atomic E-state index is 0.149. The molecule has 2 heterocycles. The van der Waals surface area contributed by atoms with E-state index in [1.807, 2.05) is 18.2 Å². The Hall–Kier alpha value is -3.09. The van der Waals surface area contributed by atoms with Crippen LogP contribution in [0.1, 0.15) is 16.1 Å². The van der Waals surface area contributed by atoms with Crippen LogP contribution in [0.5, 0.6) is 0 Å². The molecule has 0 spiro atoms. The number of carbonyl (C=O) groups is 1. The maximum absolute atomic E-state index is 12.1. The van der Waals surface area contributed by atoms with Crippen LogP contribution >= 0.6 is 0 Å². The molecule has 3 aromatic rings. The Morgan fingerprint density at radius 3 is 2.64 bits per heavy atom. The van der Waals surface area contributed by atoms with E-state index >= 15 is 0 Å². The van der Waals surface area contributed by atoms with Gasteiger partial charge in [0.1, 0.15) is 0 Å². The Bertz CT molecular complexity index is 766. The number of carbonyl (C=O) groups excluding carboxylic acids is 1. The molecule has 0 fully saturated rings. The number of benzene rings is 1. The van der Waals surface area contributed by atoms with Crippen molar-refractivity contribution in [1.82, 2.24) is 30.5 Å². The fourth-order valence-electron chi connectivity index (χ4n) is 1.95. The largest absolute Gasteiger partial charge is 0.346 e. The van der Waals surface area contributed by atoms with Crippen LogP contribution in [0.2, 0.25) is 0 Å². The lowest BCUT2D eigenvalue weighted by atomic mass is 10.1. The van der Waals surface area contributed by atoms with Crippen molar-refractivity contribution in [2.45, 2.75) is 6.54 Å². The monoisotopic (exact) mass is 294 g/mol. The van der Waals surface area contributed by atoms with Gasteiger partial charge in [0.2, 0.25) is 5.82 Å². The van der Waals surface area contributed by atoms with E-state index in [-0.39, 0.29) is 5.91 Å². The van der Waals surface area contributed by atoms with Gasteiger partial charge in [0.25, 0.3) is 5.91 Å². The van der Waals surface area contributed by atoms with Crippen LogP contribution in [0.25, 0.3) is 11.4 Å². The van der Waals surface area contributed by atoms with E-state index in [2.05, 4.69) is 25.7 Å². The number of hydrogen-bond donors (Lipinski definition) is 1. The quantitative estimate of drug-likeness (QED) is 0.781. The number of nitrogens with one attached hydrogen (secondary N) is 1. The summed E-state index contributed by atoms with van der Waals surface area (Å²) in [6.45, 7) is 0.396. The Balaban J connectivity index is 1.66. The van der Waals surface area contributed by atoms with Crippen LogP contribution < -0.4 is 5.32 Å². The lowest BCUT2D eigenvalue weighted by Crippen LogP contribution is -2.23. The second-order valence-corrected chi connectivity index (χ2v) is 4.68. The van der Waals surface area contributed by atoms with Gasteiger partial charge in [-0.3, -0.25) is 9.78 Å². The van der Waals surface area contributed by atoms with E-state index < -0.39 is 0 Å². The molecule has 3 rings (SSSR count). The zero-order chi connectivity index (χ0) is 15.4. The van der Waals surface area contributed by atoms with Crippen molar-refractivity contribution in [3.63, 3.8) is 0 Å². The zero-order valence-electron chi connectivity index (χ0n) is 12.0. The van der Waals surface area contributed by atoms with E-state index in [0.717, 1.165) is 11.3 Å². The molecule has 7 heteroatoms. The average molecular weight is 294 g/mol. The molecule has 0 aliphatic carbocycles. The predicted molar refractivity (Wildman–Crippen MR) is 79.6 cm³/mol. The molecule has 0 atom stereocenters. The van der Waals surface area contributed by atoms with Gasteiger partial charge in [0.05, 0.1) is 19.3 Å². The smallest absolute Gasteiger partial charge is 0.251 e. The minimum atomic E-state index is -0.149. The molecule has 0 radical (unpaired) electrons. The molecule has 1 aromatic carbocycles. The normalized spacial score (nSPS) is 10.4. The van der Waals surface area contributed by atoms with Crippen LogP contribution in [-0.2, 0) is 13.6 Å². The van der Waals surface area contributed by atoms with E-state index in [9.17, 15) is 4.79 Å². The van der Waals surface area contributed by atoms with Gasteiger partial charge in [-0.05, 0) is 29.5 Å². The lowest BCUT2D eigenvalue weighted by molar-refractivity contribution is 0.0950. The molecule has 22 heavy (non-hydrogen) atoms. The molecule has 0 aliphatic heterocycles. The standard InChI is InChI=1S/C15H14N6O/c1-21-19-14(18-20-21)11-5-7-12(8-6-11)15(22)17-10-13-4-2-3-9-16-13/h2-9H,10H2,1H3,(H,17,22). The molecule has 0 bridgehead atoms. The van der Waals surface area contributed by atoms with Gasteiger partial charge < -0.3 is 5.32 Å². The summed E-state index contributed by atoms with van der Waals surface area (Å²) >= 11 is 0. The van der Waals surface area contributed by atoms with Gasteiger partial charge in [-0.2, -0.15) is 4.80 Å². The Morgan fingerprint density at radius 2 is 2.00 bits per heavy atom. The maximum atomic E-state index is 12.1. The molecule has 1 amide bonds. The highest BCUT2D eigenvalue weighted by atomic mass is 16.1. The first kappa shape index (κ1) is 13.9. The Morgan fingerprint density at radius 1 is 1.18 bits per heavy atom. The van der Waals surface area contributed by atoms with Crippen LogP contribution in [0, 0.1) is 0 Å². The van der Waals surface area contributed by atoms with E-state index in [0.29, 0.717) is 17.9 Å². The number of nitrogens with zero attached hydrogens (tertiary/aromatic N) is 5. The van der Waals surface area contributed by atoms with Gasteiger partial charge in [-0.15, -0.1) is 10.2 Å².